The summed E-state index contributed by atoms with van der Waals surface area (Å²) < 4.78 is 6.24. The molecule has 4 atom stereocenters. The van der Waals surface area contributed by atoms with Gasteiger partial charge < -0.3 is 19.9 Å². The van der Waals surface area contributed by atoms with E-state index in [1.807, 2.05) is 65.7 Å². The molecule has 0 aliphatic carbocycles. The number of ether oxygens (including phenoxy) is 1. The lowest BCUT2D eigenvalue weighted by atomic mass is 9.77. The second-order valence-corrected chi connectivity index (χ2v) is 8.97. The van der Waals surface area contributed by atoms with Crippen molar-refractivity contribution in [3.8, 4) is 0 Å². The van der Waals surface area contributed by atoms with Crippen molar-refractivity contribution in [1.29, 1.82) is 0 Å². The molecule has 6 rings (SSSR count). The predicted molar refractivity (Wildman–Crippen MR) is 121 cm³/mol. The summed E-state index contributed by atoms with van der Waals surface area (Å²) in [6, 6.07) is 18.0. The van der Waals surface area contributed by atoms with Crippen LogP contribution in [0.1, 0.15) is 11.1 Å². The number of fused-ring (bicyclic) bond motifs is 2. The van der Waals surface area contributed by atoms with Crippen molar-refractivity contribution in [3.05, 3.63) is 84.1 Å². The smallest absolute Gasteiger partial charge is 0.230 e. The molecular weight excluding hydrogens is 402 g/mol. The Kier molecular flexibility index (Phi) is 4.43. The molecule has 1 aromatic heterocycles. The molecule has 0 saturated carbocycles. The third-order valence-corrected chi connectivity index (χ3v) is 7.12. The van der Waals surface area contributed by atoms with Gasteiger partial charge in [-0.2, -0.15) is 0 Å². The van der Waals surface area contributed by atoms with Gasteiger partial charge in [0.15, 0.2) is 0 Å². The molecule has 1 spiro atoms. The second kappa shape index (κ2) is 7.35. The predicted octanol–water partition coefficient (Wildman–Crippen LogP) is 2.81. The Morgan fingerprint density at radius 2 is 1.97 bits per heavy atom. The van der Waals surface area contributed by atoms with Gasteiger partial charge in [-0.25, -0.2) is 0 Å². The quantitative estimate of drug-likeness (QED) is 0.594. The molecule has 2 bridgehead atoms. The molecule has 2 aromatic carbocycles. The highest BCUT2D eigenvalue weighted by Crippen LogP contribution is 2.51. The first-order valence-electron chi connectivity index (χ1n) is 11.2. The number of H-pyrrole nitrogens is 1. The zero-order valence-electron chi connectivity index (χ0n) is 17.7. The van der Waals surface area contributed by atoms with E-state index in [2.05, 4.69) is 22.4 Å². The third kappa shape index (κ3) is 2.98. The maximum atomic E-state index is 13.4. The fourth-order valence-electron chi connectivity index (χ4n) is 5.56. The first-order chi connectivity index (χ1) is 15.6. The van der Waals surface area contributed by atoms with E-state index < -0.39 is 17.4 Å². The van der Waals surface area contributed by atoms with Gasteiger partial charge in [-0.05, 0) is 23.6 Å². The summed E-state index contributed by atoms with van der Waals surface area (Å²) in [5, 5.41) is 4.20. The first kappa shape index (κ1) is 19.3. The number of amides is 2. The molecule has 3 aliphatic rings. The molecule has 3 aliphatic heterocycles. The molecule has 3 aromatic rings. The highest BCUT2D eigenvalue weighted by atomic mass is 16.5. The van der Waals surface area contributed by atoms with Gasteiger partial charge in [0.05, 0.1) is 24.5 Å². The van der Waals surface area contributed by atoms with Gasteiger partial charge in [0.1, 0.15) is 5.60 Å². The number of benzene rings is 2. The van der Waals surface area contributed by atoms with E-state index in [4.69, 9.17) is 4.74 Å². The van der Waals surface area contributed by atoms with Crippen LogP contribution in [0.5, 0.6) is 0 Å². The average molecular weight is 428 g/mol. The van der Waals surface area contributed by atoms with Gasteiger partial charge in [-0.15, -0.1) is 0 Å². The molecular formula is C26H25N3O3. The van der Waals surface area contributed by atoms with Crippen LogP contribution in [0.2, 0.25) is 0 Å². The molecule has 3 unspecified atom stereocenters. The fraction of sp³-hybridized carbons (Fsp3) is 0.308. The molecule has 32 heavy (non-hydrogen) atoms. The van der Waals surface area contributed by atoms with Crippen LogP contribution in [0, 0.1) is 11.8 Å². The number of hydrogen-bond acceptors (Lipinski definition) is 3. The van der Waals surface area contributed by atoms with Gasteiger partial charge >= 0.3 is 0 Å². The fourth-order valence-corrected chi connectivity index (χ4v) is 5.56. The van der Waals surface area contributed by atoms with Crippen molar-refractivity contribution in [1.82, 2.24) is 15.2 Å². The van der Waals surface area contributed by atoms with E-state index in [-0.39, 0.29) is 17.9 Å². The van der Waals surface area contributed by atoms with Crippen LogP contribution in [0.3, 0.4) is 0 Å². The number of aromatic amines is 1. The minimum Gasteiger partial charge on any atom is -0.361 e. The molecule has 6 heteroatoms. The van der Waals surface area contributed by atoms with Crippen LogP contribution >= 0.6 is 0 Å². The molecule has 2 saturated heterocycles. The highest BCUT2D eigenvalue weighted by molar-refractivity contribution is 5.93. The summed E-state index contributed by atoms with van der Waals surface area (Å²) in [7, 11) is 0. The zero-order chi connectivity index (χ0) is 21.7. The van der Waals surface area contributed by atoms with Gasteiger partial charge in [0, 0.05) is 30.2 Å². The SMILES string of the molecule is O=C(NCc1ccccc1)C1C2C=C[C@@]3(CN(CCc4c[nH]c5ccccc45)C(=O)C13)O2. The van der Waals surface area contributed by atoms with Crippen molar-refractivity contribution < 1.29 is 14.3 Å². The van der Waals surface area contributed by atoms with Crippen LogP contribution in [0.4, 0.5) is 0 Å². The van der Waals surface area contributed by atoms with E-state index in [0.717, 1.165) is 17.5 Å². The Balaban J connectivity index is 1.17. The Morgan fingerprint density at radius 1 is 1.16 bits per heavy atom. The summed E-state index contributed by atoms with van der Waals surface area (Å²) >= 11 is 0. The molecule has 6 nitrogen and oxygen atoms in total. The molecule has 2 N–H and O–H groups in total. The lowest BCUT2D eigenvalue weighted by Gasteiger charge is -2.23. The van der Waals surface area contributed by atoms with Gasteiger partial charge in [0.25, 0.3) is 0 Å². The summed E-state index contributed by atoms with van der Waals surface area (Å²) in [6.45, 7) is 1.57. The minimum absolute atomic E-state index is 0.0246. The molecule has 162 valence electrons. The maximum absolute atomic E-state index is 13.4. The van der Waals surface area contributed by atoms with Crippen molar-refractivity contribution in [2.45, 2.75) is 24.7 Å². The van der Waals surface area contributed by atoms with E-state index in [1.165, 1.54) is 10.9 Å². The lowest BCUT2D eigenvalue weighted by molar-refractivity contribution is -0.137. The number of carbonyl (C=O) groups is 2. The van der Waals surface area contributed by atoms with Crippen LogP contribution in [-0.2, 0) is 27.3 Å². The monoisotopic (exact) mass is 427 g/mol. The number of hydrogen-bond donors (Lipinski definition) is 2. The van der Waals surface area contributed by atoms with Gasteiger partial charge in [-0.1, -0.05) is 60.7 Å². The van der Waals surface area contributed by atoms with E-state index >= 15 is 0 Å². The standard InChI is InChI=1S/C26H25N3O3/c30-24(28-14-17-6-2-1-3-7-17)22-21-10-12-26(32-21)16-29(25(31)23(22)26)13-11-18-15-27-20-9-5-4-8-19(18)20/h1-10,12,15,21-23,27H,11,13-14,16H2,(H,28,30)/t21?,22?,23?,26-/m0/s1. The summed E-state index contributed by atoms with van der Waals surface area (Å²) in [6.07, 6.45) is 6.42. The summed E-state index contributed by atoms with van der Waals surface area (Å²) in [4.78, 5) is 31.7. The second-order valence-electron chi connectivity index (χ2n) is 8.97. The number of para-hydroxylation sites is 1. The number of aromatic nitrogens is 1. The van der Waals surface area contributed by atoms with Crippen molar-refractivity contribution >= 4 is 22.7 Å². The minimum atomic E-state index is -0.670. The van der Waals surface area contributed by atoms with E-state index in [0.29, 0.717) is 19.6 Å². The van der Waals surface area contributed by atoms with E-state index in [1.54, 1.807) is 0 Å². The first-order valence-corrected chi connectivity index (χ1v) is 11.2. The van der Waals surface area contributed by atoms with Crippen LogP contribution in [0.25, 0.3) is 10.9 Å². The zero-order valence-corrected chi connectivity index (χ0v) is 17.7. The average Bonchev–Trinajstić information content (AvgIpc) is 3.56. The molecule has 2 fully saturated rings. The summed E-state index contributed by atoms with van der Waals surface area (Å²) in [5.41, 5.74) is 2.66. The van der Waals surface area contributed by atoms with Crippen molar-refractivity contribution in [2.24, 2.45) is 11.8 Å². The molecule has 4 heterocycles. The normalized spacial score (nSPS) is 27.9. The number of rotatable bonds is 6. The number of likely N-dealkylation sites (tertiary alicyclic amines) is 1. The van der Waals surface area contributed by atoms with Crippen LogP contribution in [-0.4, -0.2) is 46.5 Å². The number of carbonyl (C=O) groups excluding carboxylic acids is 2. The topological polar surface area (TPSA) is 74.4 Å². The molecule has 2 amide bonds. The summed E-state index contributed by atoms with van der Waals surface area (Å²) in [5.74, 6) is -1.01. The lowest BCUT2D eigenvalue weighted by Crippen LogP contribution is -2.44. The van der Waals surface area contributed by atoms with Crippen LogP contribution < -0.4 is 5.32 Å². The Labute approximate surface area is 186 Å². The Hall–Kier alpha value is -3.38. The molecule has 0 radical (unpaired) electrons. The number of nitrogens with zero attached hydrogens (tertiary/aromatic N) is 1. The maximum Gasteiger partial charge on any atom is 0.230 e. The Bertz CT molecular complexity index is 1220. The van der Waals surface area contributed by atoms with E-state index in [9.17, 15) is 9.59 Å². The van der Waals surface area contributed by atoms with Gasteiger partial charge in [0.2, 0.25) is 11.8 Å². The van der Waals surface area contributed by atoms with Crippen LogP contribution in [0.15, 0.2) is 72.9 Å². The third-order valence-electron chi connectivity index (χ3n) is 7.12. The van der Waals surface area contributed by atoms with Crippen molar-refractivity contribution in [3.63, 3.8) is 0 Å². The highest BCUT2D eigenvalue weighted by Gasteiger charge is 2.66. The van der Waals surface area contributed by atoms with Crippen molar-refractivity contribution in [2.75, 3.05) is 13.1 Å². The van der Waals surface area contributed by atoms with Gasteiger partial charge in [-0.3, -0.25) is 9.59 Å². The number of nitrogens with one attached hydrogen (secondary N) is 2. The Morgan fingerprint density at radius 3 is 2.84 bits per heavy atom. The largest absolute Gasteiger partial charge is 0.361 e.